The third-order valence-electron chi connectivity index (χ3n) is 5.15. The minimum absolute atomic E-state index is 0.0281. The average Bonchev–Trinajstić information content (AvgIpc) is 2.99. The predicted octanol–water partition coefficient (Wildman–Crippen LogP) is 3.25. The van der Waals surface area contributed by atoms with Crippen LogP contribution in [0.1, 0.15) is 34.5 Å². The van der Waals surface area contributed by atoms with Crippen molar-refractivity contribution in [3.63, 3.8) is 0 Å². The molecule has 1 amide bonds. The summed E-state index contributed by atoms with van der Waals surface area (Å²) in [5.74, 6) is 0.931. The molecule has 5 nitrogen and oxygen atoms in total. The summed E-state index contributed by atoms with van der Waals surface area (Å²) in [7, 11) is 0. The summed E-state index contributed by atoms with van der Waals surface area (Å²) in [5, 5.41) is 13.8. The maximum Gasteiger partial charge on any atom is 0.255 e. The third kappa shape index (κ3) is 3.35. The Hall–Kier alpha value is -2.66. The van der Waals surface area contributed by atoms with Crippen molar-refractivity contribution in [2.24, 2.45) is 5.92 Å². The predicted molar refractivity (Wildman–Crippen MR) is 98.9 cm³/mol. The second-order valence-electron chi connectivity index (χ2n) is 7.11. The van der Waals surface area contributed by atoms with E-state index in [0.29, 0.717) is 11.1 Å². The highest BCUT2D eigenvalue weighted by atomic mass is 16.3. The maximum absolute atomic E-state index is 12.9. The van der Waals surface area contributed by atoms with Gasteiger partial charge in [0.2, 0.25) is 0 Å². The molecule has 1 aliphatic rings. The van der Waals surface area contributed by atoms with E-state index in [1.54, 1.807) is 18.5 Å². The maximum atomic E-state index is 12.9. The molecule has 1 aliphatic carbocycles. The summed E-state index contributed by atoms with van der Waals surface area (Å²) in [6.07, 6.45) is 5.43. The number of hydrogen-bond acceptors (Lipinski definition) is 4. The number of nitrogens with zero attached hydrogens (tertiary/aromatic N) is 1. The van der Waals surface area contributed by atoms with E-state index in [1.807, 2.05) is 37.3 Å². The molecule has 2 aromatic heterocycles. The third-order valence-corrected chi connectivity index (χ3v) is 5.15. The molecule has 2 N–H and O–H groups in total. The molecule has 1 fully saturated rings. The first kappa shape index (κ1) is 16.8. The van der Waals surface area contributed by atoms with Gasteiger partial charge in [-0.15, -0.1) is 0 Å². The van der Waals surface area contributed by atoms with Gasteiger partial charge in [-0.2, -0.15) is 0 Å². The number of nitrogens with one attached hydrogen (secondary N) is 1. The van der Waals surface area contributed by atoms with E-state index in [9.17, 15) is 9.90 Å². The quantitative estimate of drug-likeness (QED) is 0.741. The summed E-state index contributed by atoms with van der Waals surface area (Å²) >= 11 is 0. The molecule has 0 bridgehead atoms. The molecule has 134 valence electrons. The van der Waals surface area contributed by atoms with Crippen LogP contribution in [0, 0.1) is 12.8 Å². The molecule has 5 heteroatoms. The number of carbonyl (C=O) groups excluding carboxylic acids is 1. The Balaban J connectivity index is 1.57. The number of hydrogen-bond donors (Lipinski definition) is 2. The van der Waals surface area contributed by atoms with Gasteiger partial charge < -0.3 is 14.8 Å². The summed E-state index contributed by atoms with van der Waals surface area (Å²) in [5.41, 5.74) is 2.30. The molecular formula is C21H22N2O3. The Morgan fingerprint density at radius 1 is 1.31 bits per heavy atom. The number of fused-ring (bicyclic) bond motifs is 1. The van der Waals surface area contributed by atoms with Crippen LogP contribution in [-0.4, -0.2) is 28.1 Å². The van der Waals surface area contributed by atoms with Gasteiger partial charge in [-0.3, -0.25) is 9.78 Å². The van der Waals surface area contributed by atoms with Crippen LogP contribution in [0.15, 0.2) is 53.2 Å². The van der Waals surface area contributed by atoms with E-state index in [-0.39, 0.29) is 24.0 Å². The van der Waals surface area contributed by atoms with Gasteiger partial charge in [-0.05, 0) is 61.9 Å². The first-order valence-corrected chi connectivity index (χ1v) is 8.97. The van der Waals surface area contributed by atoms with Gasteiger partial charge in [0.15, 0.2) is 0 Å². The number of benzene rings is 1. The van der Waals surface area contributed by atoms with Crippen molar-refractivity contribution in [2.75, 3.05) is 0 Å². The topological polar surface area (TPSA) is 75.4 Å². The standard InChI is InChI=1S/C21H22N2O3/c1-13-9-15-3-2-4-18(20(15)26-13)21(25)23-19(16-11-17(24)12-16)10-14-5-7-22-8-6-14/h2-9,16-17,19,24H,10-12H2,1H3,(H,23,25)/t16?,17?,19-/m1/s1. The molecule has 0 saturated heterocycles. The number of furan rings is 1. The largest absolute Gasteiger partial charge is 0.461 e. The highest BCUT2D eigenvalue weighted by molar-refractivity contribution is 6.05. The number of aromatic nitrogens is 1. The fourth-order valence-corrected chi connectivity index (χ4v) is 3.68. The van der Waals surface area contributed by atoms with Crippen LogP contribution in [0.4, 0.5) is 0 Å². The SMILES string of the molecule is Cc1cc2cccc(C(=O)N[C@H](Cc3ccncc3)C3CC(O)C3)c2o1. The van der Waals surface area contributed by atoms with Crippen LogP contribution in [0.5, 0.6) is 0 Å². The smallest absolute Gasteiger partial charge is 0.255 e. The molecule has 26 heavy (non-hydrogen) atoms. The summed E-state index contributed by atoms with van der Waals surface area (Å²) in [6, 6.07) is 11.4. The Morgan fingerprint density at radius 2 is 2.08 bits per heavy atom. The number of carbonyl (C=O) groups is 1. The lowest BCUT2D eigenvalue weighted by atomic mass is 9.75. The van der Waals surface area contributed by atoms with Crippen LogP contribution in [0.3, 0.4) is 0 Å². The Kier molecular flexibility index (Phi) is 4.47. The fraction of sp³-hybridized carbons (Fsp3) is 0.333. The van der Waals surface area contributed by atoms with Crippen LogP contribution in [-0.2, 0) is 6.42 Å². The zero-order valence-electron chi connectivity index (χ0n) is 14.7. The van der Waals surface area contributed by atoms with Crippen molar-refractivity contribution in [3.05, 3.63) is 65.7 Å². The van der Waals surface area contributed by atoms with Crippen LogP contribution in [0.2, 0.25) is 0 Å². The van der Waals surface area contributed by atoms with E-state index in [2.05, 4.69) is 10.3 Å². The number of pyridine rings is 1. The van der Waals surface area contributed by atoms with Gasteiger partial charge in [0.1, 0.15) is 11.3 Å². The van der Waals surface area contributed by atoms with E-state index in [4.69, 9.17) is 4.42 Å². The lowest BCUT2D eigenvalue weighted by molar-refractivity contribution is 0.0239. The van der Waals surface area contributed by atoms with Gasteiger partial charge in [0, 0.05) is 23.8 Å². The minimum atomic E-state index is -0.256. The first-order chi connectivity index (χ1) is 12.6. The van der Waals surface area contributed by atoms with Gasteiger partial charge in [0.05, 0.1) is 11.7 Å². The normalized spacial score (nSPS) is 20.5. The van der Waals surface area contributed by atoms with Gasteiger partial charge >= 0.3 is 0 Å². The Bertz CT molecular complexity index is 913. The average molecular weight is 350 g/mol. The van der Waals surface area contributed by atoms with E-state index in [1.165, 1.54) is 0 Å². The lowest BCUT2D eigenvalue weighted by Crippen LogP contribution is -2.48. The molecule has 0 spiro atoms. The number of amides is 1. The Morgan fingerprint density at radius 3 is 2.81 bits per heavy atom. The number of aryl methyl sites for hydroxylation is 1. The number of rotatable bonds is 5. The van der Waals surface area contributed by atoms with E-state index >= 15 is 0 Å². The van der Waals surface area contributed by atoms with E-state index < -0.39 is 0 Å². The van der Waals surface area contributed by atoms with Crippen LogP contribution < -0.4 is 5.32 Å². The van der Waals surface area contributed by atoms with Crippen molar-refractivity contribution < 1.29 is 14.3 Å². The van der Waals surface area contributed by atoms with Gasteiger partial charge in [-0.25, -0.2) is 0 Å². The monoisotopic (exact) mass is 350 g/mol. The van der Waals surface area contributed by atoms with Crippen LogP contribution in [0.25, 0.3) is 11.0 Å². The zero-order chi connectivity index (χ0) is 18.1. The second kappa shape index (κ2) is 6.92. The Labute approximate surface area is 152 Å². The summed E-state index contributed by atoms with van der Waals surface area (Å²) < 4.78 is 5.73. The molecule has 1 saturated carbocycles. The molecule has 0 aliphatic heterocycles. The van der Waals surface area contributed by atoms with Crippen molar-refractivity contribution in [1.29, 1.82) is 0 Å². The molecule has 0 radical (unpaired) electrons. The first-order valence-electron chi connectivity index (χ1n) is 8.97. The molecule has 1 atom stereocenters. The van der Waals surface area contributed by atoms with Crippen LogP contribution >= 0.6 is 0 Å². The lowest BCUT2D eigenvalue weighted by Gasteiger charge is -2.38. The highest BCUT2D eigenvalue weighted by Gasteiger charge is 2.35. The molecule has 1 aromatic carbocycles. The van der Waals surface area contributed by atoms with Crippen molar-refractivity contribution in [1.82, 2.24) is 10.3 Å². The molecule has 0 unspecified atom stereocenters. The number of para-hydroxylation sites is 1. The van der Waals surface area contributed by atoms with E-state index in [0.717, 1.165) is 36.0 Å². The molecule has 2 heterocycles. The van der Waals surface area contributed by atoms with Gasteiger partial charge in [-0.1, -0.05) is 12.1 Å². The summed E-state index contributed by atoms with van der Waals surface area (Å²) in [6.45, 7) is 1.88. The fourth-order valence-electron chi connectivity index (χ4n) is 3.68. The second-order valence-corrected chi connectivity index (χ2v) is 7.11. The molecular weight excluding hydrogens is 328 g/mol. The van der Waals surface area contributed by atoms with Crippen molar-refractivity contribution in [2.45, 2.75) is 38.3 Å². The number of aliphatic hydroxyl groups is 1. The molecule has 4 rings (SSSR count). The highest BCUT2D eigenvalue weighted by Crippen LogP contribution is 2.32. The van der Waals surface area contributed by atoms with Crippen molar-refractivity contribution >= 4 is 16.9 Å². The number of aliphatic hydroxyl groups excluding tert-OH is 1. The summed E-state index contributed by atoms with van der Waals surface area (Å²) in [4.78, 5) is 17.0. The van der Waals surface area contributed by atoms with Gasteiger partial charge in [0.25, 0.3) is 5.91 Å². The van der Waals surface area contributed by atoms with Crippen molar-refractivity contribution in [3.8, 4) is 0 Å². The zero-order valence-corrected chi connectivity index (χ0v) is 14.7. The minimum Gasteiger partial charge on any atom is -0.461 e. The molecule has 3 aromatic rings.